The molecular formula is C13H16N2O3S2. The summed E-state index contributed by atoms with van der Waals surface area (Å²) in [6, 6.07) is 6.66. The van der Waals surface area contributed by atoms with Crippen molar-refractivity contribution in [1.29, 1.82) is 0 Å². The Hall–Kier alpha value is -1.60. The summed E-state index contributed by atoms with van der Waals surface area (Å²) in [7, 11) is -3.16. The maximum Gasteiger partial charge on any atom is 0.304 e. The van der Waals surface area contributed by atoms with E-state index in [4.69, 9.17) is 0 Å². The van der Waals surface area contributed by atoms with Crippen molar-refractivity contribution in [3.05, 3.63) is 45.0 Å². The lowest BCUT2D eigenvalue weighted by atomic mass is 10.3. The standard InChI is InChI=1S/C13H16N2O3S2/c1-2-7-20(17,18)12-5-3-10(4-6-12)14-8-11-9-19-13(16)15-11/h3-6,9,14H,2,7-8H2,1H3,(H,15,16). The first-order chi connectivity index (χ1) is 9.51. The molecule has 1 aromatic heterocycles. The van der Waals surface area contributed by atoms with Crippen molar-refractivity contribution in [3.63, 3.8) is 0 Å². The van der Waals surface area contributed by atoms with E-state index < -0.39 is 9.84 Å². The maximum atomic E-state index is 11.9. The fraction of sp³-hybridized carbons (Fsp3) is 0.308. The molecule has 2 N–H and O–H groups in total. The summed E-state index contributed by atoms with van der Waals surface area (Å²) in [4.78, 5) is 14.0. The fourth-order valence-corrected chi connectivity index (χ4v) is 3.67. The van der Waals surface area contributed by atoms with Gasteiger partial charge < -0.3 is 10.3 Å². The molecule has 0 aliphatic rings. The number of anilines is 1. The van der Waals surface area contributed by atoms with Crippen LogP contribution >= 0.6 is 11.3 Å². The van der Waals surface area contributed by atoms with Crippen molar-refractivity contribution in [2.45, 2.75) is 24.8 Å². The zero-order valence-electron chi connectivity index (χ0n) is 11.0. The second-order valence-electron chi connectivity index (χ2n) is 4.37. The molecule has 2 rings (SSSR count). The molecule has 0 atom stereocenters. The van der Waals surface area contributed by atoms with Crippen LogP contribution in [-0.2, 0) is 16.4 Å². The molecule has 0 aliphatic heterocycles. The number of hydrogen-bond acceptors (Lipinski definition) is 5. The Morgan fingerprint density at radius 2 is 1.95 bits per heavy atom. The average molecular weight is 312 g/mol. The van der Waals surface area contributed by atoms with E-state index in [0.29, 0.717) is 17.9 Å². The Morgan fingerprint density at radius 3 is 2.50 bits per heavy atom. The number of aromatic nitrogens is 1. The molecule has 20 heavy (non-hydrogen) atoms. The van der Waals surface area contributed by atoms with E-state index >= 15 is 0 Å². The Kier molecular flexibility index (Phi) is 4.61. The minimum atomic E-state index is -3.16. The van der Waals surface area contributed by atoms with E-state index in [1.54, 1.807) is 29.6 Å². The third-order valence-electron chi connectivity index (χ3n) is 2.74. The monoisotopic (exact) mass is 312 g/mol. The van der Waals surface area contributed by atoms with Crippen molar-refractivity contribution < 1.29 is 8.42 Å². The first-order valence-corrected chi connectivity index (χ1v) is 8.78. The molecule has 0 unspecified atom stereocenters. The molecule has 0 saturated carbocycles. The summed E-state index contributed by atoms with van der Waals surface area (Å²) in [5, 5.41) is 4.89. The number of nitrogens with one attached hydrogen (secondary N) is 2. The number of sulfone groups is 1. The Labute approximate surface area is 121 Å². The van der Waals surface area contributed by atoms with Gasteiger partial charge in [0.1, 0.15) is 0 Å². The molecule has 5 nitrogen and oxygen atoms in total. The highest BCUT2D eigenvalue weighted by Crippen LogP contribution is 2.16. The quantitative estimate of drug-likeness (QED) is 0.857. The van der Waals surface area contributed by atoms with Crippen LogP contribution in [0.25, 0.3) is 0 Å². The largest absolute Gasteiger partial charge is 0.379 e. The van der Waals surface area contributed by atoms with Crippen LogP contribution in [0.2, 0.25) is 0 Å². The van der Waals surface area contributed by atoms with Crippen LogP contribution in [0, 0.1) is 0 Å². The molecule has 108 valence electrons. The van der Waals surface area contributed by atoms with E-state index in [0.717, 1.165) is 22.7 Å². The molecule has 0 amide bonds. The van der Waals surface area contributed by atoms with Crippen molar-refractivity contribution >= 4 is 26.9 Å². The first-order valence-electron chi connectivity index (χ1n) is 6.24. The van der Waals surface area contributed by atoms with Crippen molar-refractivity contribution in [3.8, 4) is 0 Å². The number of H-pyrrole nitrogens is 1. The highest BCUT2D eigenvalue weighted by molar-refractivity contribution is 7.91. The minimum absolute atomic E-state index is 0.0807. The number of benzene rings is 1. The maximum absolute atomic E-state index is 11.9. The fourth-order valence-electron chi connectivity index (χ4n) is 1.76. The van der Waals surface area contributed by atoms with Crippen molar-refractivity contribution in [2.24, 2.45) is 0 Å². The number of hydrogen-bond donors (Lipinski definition) is 2. The lowest BCUT2D eigenvalue weighted by molar-refractivity contribution is 0.595. The van der Waals surface area contributed by atoms with Gasteiger partial charge in [-0.25, -0.2) is 8.42 Å². The number of thiazole rings is 1. The van der Waals surface area contributed by atoms with Crippen molar-refractivity contribution in [2.75, 3.05) is 11.1 Å². The van der Waals surface area contributed by atoms with E-state index in [1.165, 1.54) is 0 Å². The minimum Gasteiger partial charge on any atom is -0.379 e. The summed E-state index contributed by atoms with van der Waals surface area (Å²) in [5.74, 6) is 0.163. The van der Waals surface area contributed by atoms with E-state index in [2.05, 4.69) is 10.3 Å². The predicted octanol–water partition coefficient (Wildman–Crippen LogP) is 2.23. The molecule has 0 fully saturated rings. The van der Waals surface area contributed by atoms with Crippen LogP contribution in [0.4, 0.5) is 5.69 Å². The predicted molar refractivity (Wildman–Crippen MR) is 81.1 cm³/mol. The van der Waals surface area contributed by atoms with Crippen LogP contribution in [0.15, 0.2) is 39.3 Å². The van der Waals surface area contributed by atoms with Crippen LogP contribution in [0.3, 0.4) is 0 Å². The van der Waals surface area contributed by atoms with E-state index in [1.807, 2.05) is 6.92 Å². The van der Waals surface area contributed by atoms with Gasteiger partial charge in [0.25, 0.3) is 0 Å². The van der Waals surface area contributed by atoms with Gasteiger partial charge in [-0.2, -0.15) is 0 Å². The van der Waals surface area contributed by atoms with Gasteiger partial charge in [0, 0.05) is 16.8 Å². The lowest BCUT2D eigenvalue weighted by Crippen LogP contribution is -2.06. The molecule has 7 heteroatoms. The van der Waals surface area contributed by atoms with Crippen LogP contribution in [0.5, 0.6) is 0 Å². The molecule has 0 spiro atoms. The van der Waals surface area contributed by atoms with Gasteiger partial charge in [-0.15, -0.1) is 0 Å². The van der Waals surface area contributed by atoms with Crippen molar-refractivity contribution in [1.82, 2.24) is 4.98 Å². The molecule has 1 heterocycles. The van der Waals surface area contributed by atoms with Gasteiger partial charge in [-0.3, -0.25) is 4.79 Å². The van der Waals surface area contributed by atoms with E-state index in [9.17, 15) is 13.2 Å². The highest BCUT2D eigenvalue weighted by atomic mass is 32.2. The summed E-state index contributed by atoms with van der Waals surface area (Å²) in [5.41, 5.74) is 1.62. The molecule has 0 aliphatic carbocycles. The number of rotatable bonds is 6. The summed E-state index contributed by atoms with van der Waals surface area (Å²) < 4.78 is 23.7. The SMILES string of the molecule is CCCS(=O)(=O)c1ccc(NCc2csc(=O)[nH]2)cc1. The van der Waals surface area contributed by atoms with Gasteiger partial charge >= 0.3 is 4.87 Å². The summed E-state index contributed by atoms with van der Waals surface area (Å²) in [6.07, 6.45) is 0.605. The molecule has 2 aromatic rings. The van der Waals surface area contributed by atoms with Gasteiger partial charge in [-0.05, 0) is 30.7 Å². The highest BCUT2D eigenvalue weighted by Gasteiger charge is 2.12. The second kappa shape index (κ2) is 6.23. The molecule has 1 aromatic carbocycles. The lowest BCUT2D eigenvalue weighted by Gasteiger charge is -2.07. The van der Waals surface area contributed by atoms with Crippen LogP contribution in [0.1, 0.15) is 19.0 Å². The Balaban J connectivity index is 2.03. The topological polar surface area (TPSA) is 79.0 Å². The first kappa shape index (κ1) is 14.8. The molecule has 0 radical (unpaired) electrons. The van der Waals surface area contributed by atoms with Gasteiger partial charge in [-0.1, -0.05) is 18.3 Å². The zero-order chi connectivity index (χ0) is 14.6. The van der Waals surface area contributed by atoms with E-state index in [-0.39, 0.29) is 10.6 Å². The molecule has 0 bridgehead atoms. The second-order valence-corrected chi connectivity index (χ2v) is 7.32. The Morgan fingerprint density at radius 1 is 1.25 bits per heavy atom. The average Bonchev–Trinajstić information content (AvgIpc) is 2.83. The van der Waals surface area contributed by atoms with Crippen LogP contribution < -0.4 is 10.2 Å². The third-order valence-corrected chi connectivity index (χ3v) is 5.39. The third kappa shape index (κ3) is 3.71. The summed E-state index contributed by atoms with van der Waals surface area (Å²) in [6.45, 7) is 2.34. The Bertz CT molecular complexity index is 715. The van der Waals surface area contributed by atoms with Gasteiger partial charge in [0.15, 0.2) is 9.84 Å². The molecular weight excluding hydrogens is 296 g/mol. The van der Waals surface area contributed by atoms with Gasteiger partial charge in [0.2, 0.25) is 0 Å². The molecule has 0 saturated heterocycles. The normalized spacial score (nSPS) is 11.4. The number of aromatic amines is 1. The zero-order valence-corrected chi connectivity index (χ0v) is 12.7. The van der Waals surface area contributed by atoms with Crippen LogP contribution in [-0.4, -0.2) is 19.2 Å². The summed E-state index contributed by atoms with van der Waals surface area (Å²) >= 11 is 1.12. The smallest absolute Gasteiger partial charge is 0.304 e. The van der Waals surface area contributed by atoms with Gasteiger partial charge in [0.05, 0.1) is 17.2 Å².